The summed E-state index contributed by atoms with van der Waals surface area (Å²) >= 11 is 46.8. The summed E-state index contributed by atoms with van der Waals surface area (Å²) in [5.74, 6) is -1.11. The number of aromatic nitrogens is 8. The van der Waals surface area contributed by atoms with Gasteiger partial charge in [-0.25, -0.2) is 22.9 Å². The Kier molecular flexibility index (Phi) is 28.8. The standard InChI is InChI=1S/C27H23ClN4.C20H18BrFN2O2.C18H17ClN2.2C17H14Cl2N2.C17H13ClF2N2/c28-21-8-11-25-24(16-21)23-12-14-31(17-19-4-2-1-3-5-19)27(26(23)30-25)20-6-9-22(10-7-20)32-15-13-29-18-32;1-2-26-20(25)24-10-9-15-16-11-14(22)7-8-17(16)23-18(15)19(24)12-3-5-13(21)6-4-12;1-11-2-4-12(5-3-11)17-18-14(8-9-20-17)15-10-13(19)6-7-16(15)21-18;18-11-3-1-2-10(8-11)16-17-13(6-7-20-16)14-9-12(19)4-5-15(14)21-17;18-10-5-6-15-13(9-10)11-7-8-20-16(17(11)21-15)12-3-1-2-4-14(12)19;18-9-1-4-15-12(7-9)11-5-6-21-16(17(11)22-15)13-8-10(19)2-3-14(13)20/h1-11,13,15-16,18,27,30H,12,14,17H2;3-8,11,19,23H,2,9-10H2,1H3;2-7,10,17,20-21H,8-9H2,1H3;1-5,8-9,16,20-21H,6-7H2;1-6,9,16,20-21H,7-8H2;1-4,7-8,16,21-22H,5-6H2. The highest BCUT2D eigenvalue weighted by Gasteiger charge is 2.38. The van der Waals surface area contributed by atoms with Gasteiger partial charge in [-0.15, -0.1) is 0 Å². The summed E-state index contributed by atoms with van der Waals surface area (Å²) in [6, 6.07) is 90.4. The number of amides is 1. The molecule has 26 rings (SSSR count). The third kappa shape index (κ3) is 20.4. The van der Waals surface area contributed by atoms with Crippen molar-refractivity contribution in [1.29, 1.82) is 0 Å². The molecule has 0 aliphatic carbocycles. The Morgan fingerprint density at radius 1 is 0.392 bits per heavy atom. The Labute approximate surface area is 868 Å². The number of halogens is 11. The highest BCUT2D eigenvalue weighted by atomic mass is 79.9. The monoisotopic (exact) mass is 2100 g/mol. The van der Waals surface area contributed by atoms with Gasteiger partial charge in [0.1, 0.15) is 23.5 Å². The molecule has 10 N–H and O–H groups in total. The van der Waals surface area contributed by atoms with Crippen LogP contribution in [0.2, 0.25) is 35.2 Å². The normalized spacial score (nSPS) is 17.3. The summed E-state index contributed by atoms with van der Waals surface area (Å²) in [7, 11) is 0. The number of aromatic amines is 6. The number of H-pyrrole nitrogens is 6. The van der Waals surface area contributed by atoms with Gasteiger partial charge in [-0.3, -0.25) is 9.80 Å². The highest BCUT2D eigenvalue weighted by Crippen LogP contribution is 2.46. The number of aryl methyl sites for hydroxylation is 1. The molecule has 1 amide bonds. The first-order valence-corrected chi connectivity index (χ1v) is 51.4. The van der Waals surface area contributed by atoms with Gasteiger partial charge in [0.05, 0.1) is 43.1 Å². The maximum Gasteiger partial charge on any atom is 0.410 e. The Morgan fingerprint density at radius 3 is 1.32 bits per heavy atom. The molecule has 0 radical (unpaired) electrons. The van der Waals surface area contributed by atoms with Crippen LogP contribution in [0, 0.1) is 24.4 Å². The molecule has 13 heterocycles. The van der Waals surface area contributed by atoms with Crippen LogP contribution in [0.3, 0.4) is 0 Å². The van der Waals surface area contributed by atoms with Gasteiger partial charge in [0, 0.05) is 209 Å². The Hall–Kier alpha value is -12.3. The highest BCUT2D eigenvalue weighted by molar-refractivity contribution is 9.10. The lowest BCUT2D eigenvalue weighted by atomic mass is 9.91. The average molecular weight is 2110 g/mol. The summed E-state index contributed by atoms with van der Waals surface area (Å²) in [4.78, 5) is 42.2. The molecule has 7 aromatic heterocycles. The van der Waals surface area contributed by atoms with Gasteiger partial charge in [0.15, 0.2) is 0 Å². The van der Waals surface area contributed by atoms with Crippen LogP contribution in [0.15, 0.2) is 302 Å². The summed E-state index contributed by atoms with van der Waals surface area (Å²) < 4.78 is 49.7. The number of hydrogen-bond donors (Lipinski definition) is 10. The van der Waals surface area contributed by atoms with Crippen molar-refractivity contribution in [3.63, 3.8) is 0 Å². The number of carbonyl (C=O) groups excluding carboxylic acids is 1. The summed E-state index contributed by atoms with van der Waals surface area (Å²) in [5.41, 5.74) is 30.8. The van der Waals surface area contributed by atoms with E-state index in [1.165, 1.54) is 118 Å². The average Bonchev–Trinajstić information content (AvgIpc) is 1.62. The number of fused-ring (bicyclic) bond motifs is 18. The number of nitrogens with zero attached hydrogens (tertiary/aromatic N) is 4. The topological polar surface area (TPSA) is 193 Å². The number of imidazole rings is 1. The van der Waals surface area contributed by atoms with Crippen molar-refractivity contribution < 1.29 is 22.7 Å². The molecule has 722 valence electrons. The van der Waals surface area contributed by atoms with Crippen LogP contribution < -0.4 is 21.3 Å². The maximum atomic E-state index is 14.1. The van der Waals surface area contributed by atoms with Gasteiger partial charge in [-0.2, -0.15) is 0 Å². The predicted molar refractivity (Wildman–Crippen MR) is 579 cm³/mol. The van der Waals surface area contributed by atoms with Crippen molar-refractivity contribution in [2.45, 2.75) is 95.2 Å². The third-order valence-electron chi connectivity index (χ3n) is 27.9. The maximum absolute atomic E-state index is 14.1. The lowest BCUT2D eigenvalue weighted by molar-refractivity contribution is 0.0932. The first kappa shape index (κ1) is 96.8. The molecule has 27 heteroatoms. The first-order chi connectivity index (χ1) is 69.6. The Morgan fingerprint density at radius 2 is 0.811 bits per heavy atom. The zero-order valence-electron chi connectivity index (χ0n) is 77.9. The van der Waals surface area contributed by atoms with Crippen molar-refractivity contribution in [2.24, 2.45) is 0 Å². The van der Waals surface area contributed by atoms with E-state index < -0.39 is 11.6 Å². The van der Waals surface area contributed by atoms with E-state index in [0.29, 0.717) is 36.7 Å². The van der Waals surface area contributed by atoms with Crippen molar-refractivity contribution in [3.05, 3.63) is 467 Å². The lowest BCUT2D eigenvalue weighted by Gasteiger charge is -2.36. The number of benzene rings is 13. The second-order valence-electron chi connectivity index (χ2n) is 36.7. The fourth-order valence-electron chi connectivity index (χ4n) is 21.4. The van der Waals surface area contributed by atoms with Gasteiger partial charge in [0.2, 0.25) is 0 Å². The molecule has 0 saturated heterocycles. The van der Waals surface area contributed by atoms with Crippen molar-refractivity contribution >= 4 is 169 Å². The van der Waals surface area contributed by atoms with E-state index in [-0.39, 0.29) is 48.2 Å². The summed E-state index contributed by atoms with van der Waals surface area (Å²) in [5, 5.41) is 26.3. The molecule has 6 unspecified atom stereocenters. The van der Waals surface area contributed by atoms with E-state index >= 15 is 0 Å². The minimum atomic E-state index is -0.440. The molecule has 0 spiro atoms. The van der Waals surface area contributed by atoms with E-state index in [2.05, 4.69) is 199 Å². The Bertz CT molecular complexity index is 8070. The predicted octanol–water partition coefficient (Wildman–Crippen LogP) is 29.4. The molecule has 0 fully saturated rings. The molecular formula is C116H99BrCl7F3N14O2. The van der Waals surface area contributed by atoms with E-state index in [0.717, 1.165) is 183 Å². The van der Waals surface area contributed by atoms with Gasteiger partial charge in [-0.1, -0.05) is 212 Å². The van der Waals surface area contributed by atoms with Gasteiger partial charge < -0.3 is 60.5 Å². The fraction of sp³-hybridized carbons (Fsp3) is 0.190. The van der Waals surface area contributed by atoms with E-state index in [4.69, 9.17) is 85.9 Å². The number of rotatable bonds is 10. The second kappa shape index (κ2) is 42.5. The molecule has 0 bridgehead atoms. The molecular weight excluding hydrogens is 2010 g/mol. The van der Waals surface area contributed by atoms with E-state index in [1.807, 2.05) is 144 Å². The quantitative estimate of drug-likeness (QED) is 0.0639. The van der Waals surface area contributed by atoms with Crippen LogP contribution in [-0.2, 0) is 49.8 Å². The lowest BCUT2D eigenvalue weighted by Crippen LogP contribution is -2.40. The summed E-state index contributed by atoms with van der Waals surface area (Å²) in [6.07, 6.45) is 10.8. The SMILES string of the molecule is CCOC(=O)N1CCc2c([nH]c3ccc(F)cc23)C1c1ccc(Br)cc1.Cc1ccc(C2NCCc3c2[nH]c2ccc(Cl)cc32)cc1.Clc1ccc2[nH]c3c(c2c1)CCN(Cc1ccccc1)C3c1ccc(-n2ccnc2)cc1.Clc1ccc2[nH]c3c(c2c1)CCNC3c1ccccc1Cl.Clc1cccc(C2NCCc3c2[nH]c2ccc(Cl)cc32)c1.Fc1ccc(F)c(C2NCCc3c2[nH]c2ccc(Cl)cc32)c1. The van der Waals surface area contributed by atoms with Crippen molar-refractivity contribution in [2.75, 3.05) is 45.9 Å². The molecule has 143 heavy (non-hydrogen) atoms. The van der Waals surface area contributed by atoms with Gasteiger partial charge in [-0.05, 0) is 289 Å². The van der Waals surface area contributed by atoms with Crippen LogP contribution in [0.25, 0.3) is 71.1 Å². The molecule has 16 nitrogen and oxygen atoms in total. The van der Waals surface area contributed by atoms with Gasteiger partial charge in [0.25, 0.3) is 0 Å². The zero-order chi connectivity index (χ0) is 98.2. The summed E-state index contributed by atoms with van der Waals surface area (Å²) in [6.45, 7) is 10.2. The van der Waals surface area contributed by atoms with Crippen molar-refractivity contribution in [1.82, 2.24) is 70.5 Å². The van der Waals surface area contributed by atoms with Gasteiger partial charge >= 0.3 is 6.09 Å². The molecule has 13 aromatic carbocycles. The van der Waals surface area contributed by atoms with Crippen molar-refractivity contribution in [3.8, 4) is 5.69 Å². The number of hydrogen-bond acceptors (Lipinski definition) is 8. The number of carbonyl (C=O) groups is 1. The van der Waals surface area contributed by atoms with Crippen LogP contribution >= 0.6 is 97.1 Å². The molecule has 6 atom stereocenters. The smallest absolute Gasteiger partial charge is 0.410 e. The minimum absolute atomic E-state index is 0.105. The minimum Gasteiger partial charge on any atom is -0.450 e. The number of nitrogens with one attached hydrogen (secondary N) is 10. The molecule has 6 aliphatic rings. The first-order valence-electron chi connectivity index (χ1n) is 48.0. The van der Waals surface area contributed by atoms with Crippen LogP contribution in [0.1, 0.15) is 155 Å². The van der Waals surface area contributed by atoms with Crippen LogP contribution in [-0.4, -0.2) is 101 Å². The third-order valence-corrected chi connectivity index (χ3v) is 30.2. The molecule has 6 aliphatic heterocycles. The van der Waals surface area contributed by atoms with E-state index in [9.17, 15) is 18.0 Å². The van der Waals surface area contributed by atoms with Crippen LogP contribution in [0.5, 0.6) is 0 Å². The fourth-order valence-corrected chi connectivity index (χ4v) is 22.9. The van der Waals surface area contributed by atoms with E-state index in [1.54, 1.807) is 30.2 Å². The largest absolute Gasteiger partial charge is 0.450 e. The second-order valence-corrected chi connectivity index (χ2v) is 40.7. The number of ether oxygens (including phenoxy) is 1. The van der Waals surface area contributed by atoms with Crippen LogP contribution in [0.4, 0.5) is 18.0 Å². The zero-order valence-corrected chi connectivity index (χ0v) is 84.8. The molecule has 20 aromatic rings. The molecule has 0 saturated carbocycles. The Balaban J connectivity index is 0.000000102.